The van der Waals surface area contributed by atoms with Crippen molar-refractivity contribution < 1.29 is 0 Å². The SMILES string of the molecule is CC(Cc1ccc(Br)cc1)N[C@@H](C)c1ccccc1Cl. The highest BCUT2D eigenvalue weighted by atomic mass is 79.9. The third kappa shape index (κ3) is 4.34. The van der Waals surface area contributed by atoms with Gasteiger partial charge in [-0.3, -0.25) is 0 Å². The highest BCUT2D eigenvalue weighted by Gasteiger charge is 2.12. The van der Waals surface area contributed by atoms with E-state index in [9.17, 15) is 0 Å². The second-order valence-electron chi connectivity index (χ2n) is 5.14. The predicted octanol–water partition coefficient (Wildman–Crippen LogP) is 5.38. The fourth-order valence-electron chi connectivity index (χ4n) is 2.38. The van der Waals surface area contributed by atoms with Crippen molar-refractivity contribution in [3.63, 3.8) is 0 Å². The molecule has 0 bridgehead atoms. The highest BCUT2D eigenvalue weighted by molar-refractivity contribution is 9.10. The number of benzene rings is 2. The van der Waals surface area contributed by atoms with E-state index in [1.165, 1.54) is 5.56 Å². The number of hydrogen-bond donors (Lipinski definition) is 1. The summed E-state index contributed by atoms with van der Waals surface area (Å²) in [5.41, 5.74) is 2.48. The van der Waals surface area contributed by atoms with Crippen LogP contribution < -0.4 is 5.32 Å². The molecule has 0 amide bonds. The van der Waals surface area contributed by atoms with Crippen LogP contribution in [0.3, 0.4) is 0 Å². The summed E-state index contributed by atoms with van der Waals surface area (Å²) in [5, 5.41) is 4.43. The van der Waals surface area contributed by atoms with Gasteiger partial charge in [0, 0.05) is 21.6 Å². The monoisotopic (exact) mass is 351 g/mol. The second kappa shape index (κ2) is 7.26. The zero-order valence-electron chi connectivity index (χ0n) is 11.7. The van der Waals surface area contributed by atoms with Crippen LogP contribution >= 0.6 is 27.5 Å². The van der Waals surface area contributed by atoms with Crippen molar-refractivity contribution in [3.05, 3.63) is 69.2 Å². The minimum Gasteiger partial charge on any atom is -0.307 e. The third-order valence-corrected chi connectivity index (χ3v) is 4.23. The Hall–Kier alpha value is -0.830. The average molecular weight is 353 g/mol. The van der Waals surface area contributed by atoms with Crippen molar-refractivity contribution in [2.45, 2.75) is 32.4 Å². The first-order valence-corrected chi connectivity index (χ1v) is 7.98. The van der Waals surface area contributed by atoms with Gasteiger partial charge in [-0.1, -0.05) is 57.9 Å². The van der Waals surface area contributed by atoms with E-state index in [0.29, 0.717) is 6.04 Å². The summed E-state index contributed by atoms with van der Waals surface area (Å²) in [5.74, 6) is 0. The molecule has 1 nitrogen and oxygen atoms in total. The molecule has 0 saturated heterocycles. The first-order valence-electron chi connectivity index (χ1n) is 6.81. The molecule has 20 heavy (non-hydrogen) atoms. The van der Waals surface area contributed by atoms with Crippen LogP contribution in [0.25, 0.3) is 0 Å². The zero-order chi connectivity index (χ0) is 14.5. The molecule has 2 atom stereocenters. The van der Waals surface area contributed by atoms with E-state index in [2.05, 4.69) is 65.4 Å². The zero-order valence-corrected chi connectivity index (χ0v) is 14.1. The highest BCUT2D eigenvalue weighted by Crippen LogP contribution is 2.23. The van der Waals surface area contributed by atoms with Crippen molar-refractivity contribution in [3.8, 4) is 0 Å². The van der Waals surface area contributed by atoms with Crippen LogP contribution in [0.15, 0.2) is 53.0 Å². The molecule has 0 aliphatic heterocycles. The van der Waals surface area contributed by atoms with Crippen LogP contribution in [-0.4, -0.2) is 6.04 Å². The number of rotatable bonds is 5. The van der Waals surface area contributed by atoms with Gasteiger partial charge in [0.2, 0.25) is 0 Å². The molecular weight excluding hydrogens is 334 g/mol. The lowest BCUT2D eigenvalue weighted by Gasteiger charge is -2.21. The molecular formula is C17H19BrClN. The predicted molar refractivity (Wildman–Crippen MR) is 90.3 cm³/mol. The molecule has 0 fully saturated rings. The van der Waals surface area contributed by atoms with E-state index < -0.39 is 0 Å². The Morgan fingerprint density at radius 2 is 1.70 bits per heavy atom. The van der Waals surface area contributed by atoms with E-state index >= 15 is 0 Å². The summed E-state index contributed by atoms with van der Waals surface area (Å²) in [6.07, 6.45) is 1.00. The maximum absolute atomic E-state index is 6.23. The van der Waals surface area contributed by atoms with Crippen LogP contribution in [0.4, 0.5) is 0 Å². The Kier molecular flexibility index (Phi) is 5.64. The van der Waals surface area contributed by atoms with Crippen molar-refractivity contribution in [2.24, 2.45) is 0 Å². The maximum atomic E-state index is 6.23. The Labute approximate surface area is 134 Å². The van der Waals surface area contributed by atoms with Gasteiger partial charge < -0.3 is 5.32 Å². The first-order chi connectivity index (χ1) is 9.56. The smallest absolute Gasteiger partial charge is 0.0453 e. The maximum Gasteiger partial charge on any atom is 0.0453 e. The minimum atomic E-state index is 0.245. The van der Waals surface area contributed by atoms with Crippen LogP contribution in [0.5, 0.6) is 0 Å². The molecule has 2 rings (SSSR count). The second-order valence-corrected chi connectivity index (χ2v) is 6.46. The van der Waals surface area contributed by atoms with E-state index in [-0.39, 0.29) is 6.04 Å². The summed E-state index contributed by atoms with van der Waals surface area (Å²) in [6, 6.07) is 17.1. The molecule has 2 aromatic carbocycles. The summed E-state index contributed by atoms with van der Waals surface area (Å²) in [6.45, 7) is 4.36. The number of halogens is 2. The van der Waals surface area contributed by atoms with Gasteiger partial charge in [0.15, 0.2) is 0 Å². The lowest BCUT2D eigenvalue weighted by molar-refractivity contribution is 0.477. The fraction of sp³-hybridized carbons (Fsp3) is 0.294. The molecule has 106 valence electrons. The third-order valence-electron chi connectivity index (χ3n) is 3.36. The van der Waals surface area contributed by atoms with E-state index in [0.717, 1.165) is 21.5 Å². The summed E-state index contributed by atoms with van der Waals surface area (Å²) >= 11 is 9.70. The van der Waals surface area contributed by atoms with Crippen molar-refractivity contribution >= 4 is 27.5 Å². The molecule has 0 radical (unpaired) electrons. The van der Waals surface area contributed by atoms with Crippen molar-refractivity contribution in [1.29, 1.82) is 0 Å². The topological polar surface area (TPSA) is 12.0 Å². The summed E-state index contributed by atoms with van der Waals surface area (Å²) in [4.78, 5) is 0. The molecule has 3 heteroatoms. The average Bonchev–Trinajstić information content (AvgIpc) is 2.41. The molecule has 2 aromatic rings. The molecule has 0 aliphatic rings. The van der Waals surface area contributed by atoms with E-state index in [1.807, 2.05) is 18.2 Å². The Morgan fingerprint density at radius 3 is 2.35 bits per heavy atom. The van der Waals surface area contributed by atoms with Gasteiger partial charge in [0.1, 0.15) is 0 Å². The molecule has 1 unspecified atom stereocenters. The number of nitrogens with one attached hydrogen (secondary N) is 1. The van der Waals surface area contributed by atoms with Crippen LogP contribution in [-0.2, 0) is 6.42 Å². The molecule has 0 aliphatic carbocycles. The quantitative estimate of drug-likeness (QED) is 0.761. The fourth-order valence-corrected chi connectivity index (χ4v) is 2.94. The van der Waals surface area contributed by atoms with Gasteiger partial charge in [-0.25, -0.2) is 0 Å². The normalized spacial score (nSPS) is 14.0. The first kappa shape index (κ1) is 15.6. The Balaban J connectivity index is 1.96. The summed E-state index contributed by atoms with van der Waals surface area (Å²) < 4.78 is 1.12. The van der Waals surface area contributed by atoms with Gasteiger partial charge in [-0.2, -0.15) is 0 Å². The van der Waals surface area contributed by atoms with Gasteiger partial charge in [-0.15, -0.1) is 0 Å². The van der Waals surface area contributed by atoms with Crippen LogP contribution in [0, 0.1) is 0 Å². The molecule has 0 saturated carbocycles. The Morgan fingerprint density at radius 1 is 1.05 bits per heavy atom. The van der Waals surface area contributed by atoms with E-state index in [1.54, 1.807) is 0 Å². The van der Waals surface area contributed by atoms with E-state index in [4.69, 9.17) is 11.6 Å². The van der Waals surface area contributed by atoms with Crippen LogP contribution in [0.1, 0.15) is 31.0 Å². The van der Waals surface area contributed by atoms with Crippen LogP contribution in [0.2, 0.25) is 5.02 Å². The van der Waals surface area contributed by atoms with Crippen molar-refractivity contribution in [2.75, 3.05) is 0 Å². The lowest BCUT2D eigenvalue weighted by atomic mass is 10.0. The van der Waals surface area contributed by atoms with Gasteiger partial charge in [-0.05, 0) is 49.6 Å². The lowest BCUT2D eigenvalue weighted by Crippen LogP contribution is -2.30. The Bertz CT molecular complexity index is 553. The van der Waals surface area contributed by atoms with Crippen molar-refractivity contribution in [1.82, 2.24) is 5.32 Å². The number of hydrogen-bond acceptors (Lipinski definition) is 1. The van der Waals surface area contributed by atoms with Gasteiger partial charge in [0.05, 0.1) is 0 Å². The standard InChI is InChI=1S/C17H19BrClN/c1-12(11-14-7-9-15(18)10-8-14)20-13(2)16-5-3-4-6-17(16)19/h3-10,12-13,20H,11H2,1-2H3/t12?,13-/m0/s1. The summed E-state index contributed by atoms with van der Waals surface area (Å²) in [7, 11) is 0. The molecule has 0 aromatic heterocycles. The largest absolute Gasteiger partial charge is 0.307 e. The molecule has 1 N–H and O–H groups in total. The van der Waals surface area contributed by atoms with Gasteiger partial charge >= 0.3 is 0 Å². The molecule has 0 spiro atoms. The minimum absolute atomic E-state index is 0.245. The van der Waals surface area contributed by atoms with Gasteiger partial charge in [0.25, 0.3) is 0 Å². The molecule has 0 heterocycles.